The van der Waals surface area contributed by atoms with Gasteiger partial charge in [0.05, 0.1) is 16.2 Å². The number of urea groups is 1. The van der Waals surface area contributed by atoms with Crippen LogP contribution in [0.15, 0.2) is 34.2 Å². The molecule has 0 aliphatic carbocycles. The number of amides is 3. The summed E-state index contributed by atoms with van der Waals surface area (Å²) in [4.78, 5) is 35.9. The fraction of sp³-hybridized carbons (Fsp3) is 0.389. The van der Waals surface area contributed by atoms with Crippen LogP contribution in [-0.2, 0) is 11.3 Å². The molecule has 0 aliphatic rings. The number of nitrogens with zero attached hydrogens (tertiary/aromatic N) is 4. The van der Waals surface area contributed by atoms with Crippen molar-refractivity contribution >= 4 is 40.4 Å². The van der Waals surface area contributed by atoms with E-state index >= 15 is 0 Å². The average molecular weight is 402 g/mol. The number of hydrogen-bond donors (Lipinski definition) is 2. The molecular weight excluding hydrogens is 380 g/mol. The van der Waals surface area contributed by atoms with Crippen LogP contribution in [0.5, 0.6) is 0 Å². The van der Waals surface area contributed by atoms with Crippen LogP contribution in [-0.4, -0.2) is 36.4 Å². The Morgan fingerprint density at radius 3 is 2.61 bits per heavy atom. The van der Waals surface area contributed by atoms with Gasteiger partial charge in [0.15, 0.2) is 5.16 Å². The summed E-state index contributed by atoms with van der Waals surface area (Å²) in [6, 6.07) is 6.31. The Kier molecular flexibility index (Phi) is 5.68. The highest BCUT2D eigenvalue weighted by molar-refractivity contribution is 8.00. The number of benzene rings is 1. The Morgan fingerprint density at radius 2 is 1.93 bits per heavy atom. The zero-order valence-corrected chi connectivity index (χ0v) is 16.7. The number of fused-ring (bicyclic) bond motifs is 3. The Balaban J connectivity index is 2.12. The predicted molar refractivity (Wildman–Crippen MR) is 107 cm³/mol. The van der Waals surface area contributed by atoms with Crippen molar-refractivity contribution in [3.8, 4) is 0 Å². The zero-order chi connectivity index (χ0) is 20.4. The first-order valence-electron chi connectivity index (χ1n) is 8.93. The molecule has 10 heteroatoms. The summed E-state index contributed by atoms with van der Waals surface area (Å²) in [5.41, 5.74) is 5.56. The largest absolute Gasteiger partial charge is 0.351 e. The van der Waals surface area contributed by atoms with E-state index in [1.807, 2.05) is 18.2 Å². The van der Waals surface area contributed by atoms with Gasteiger partial charge in [-0.1, -0.05) is 37.7 Å². The SMILES string of the molecule is CC(C)CCn1c(=O)c2ccccc2n2c(S[C@@H](C)C(=O)NC(N)=O)nnc12. The van der Waals surface area contributed by atoms with Crippen molar-refractivity contribution < 1.29 is 9.59 Å². The van der Waals surface area contributed by atoms with Crippen molar-refractivity contribution in [3.63, 3.8) is 0 Å². The van der Waals surface area contributed by atoms with Gasteiger partial charge < -0.3 is 5.73 Å². The number of hydrogen-bond acceptors (Lipinski definition) is 6. The van der Waals surface area contributed by atoms with Crippen molar-refractivity contribution in [1.29, 1.82) is 0 Å². The highest BCUT2D eigenvalue weighted by Crippen LogP contribution is 2.25. The molecule has 0 radical (unpaired) electrons. The average Bonchev–Trinajstić information content (AvgIpc) is 3.04. The fourth-order valence-electron chi connectivity index (χ4n) is 2.83. The summed E-state index contributed by atoms with van der Waals surface area (Å²) < 4.78 is 3.39. The van der Waals surface area contributed by atoms with Gasteiger partial charge >= 0.3 is 6.03 Å². The number of nitrogens with two attached hydrogens (primary N) is 1. The van der Waals surface area contributed by atoms with Gasteiger partial charge in [0, 0.05) is 6.54 Å². The number of para-hydroxylation sites is 1. The molecule has 3 amide bonds. The standard InChI is InChI=1S/C18H22N6O3S/c1-10(2)8-9-23-15(26)12-6-4-5-7-13(12)24-17(23)21-22-18(24)28-11(3)14(25)20-16(19)27/h4-7,10-11H,8-9H2,1-3H3,(H3,19,20,25,27)/t11-/m0/s1. The Bertz CT molecular complexity index is 1100. The molecule has 0 unspecified atom stereocenters. The summed E-state index contributed by atoms with van der Waals surface area (Å²) in [6.07, 6.45) is 0.820. The second kappa shape index (κ2) is 8.01. The number of rotatable bonds is 6. The monoisotopic (exact) mass is 402 g/mol. The third-order valence-corrected chi connectivity index (χ3v) is 5.35. The fourth-order valence-corrected chi connectivity index (χ4v) is 3.69. The van der Waals surface area contributed by atoms with Gasteiger partial charge in [-0.05, 0) is 31.4 Å². The van der Waals surface area contributed by atoms with Crippen LogP contribution < -0.4 is 16.6 Å². The number of primary amides is 1. The van der Waals surface area contributed by atoms with Gasteiger partial charge in [-0.2, -0.15) is 0 Å². The lowest BCUT2D eigenvalue weighted by Crippen LogP contribution is -2.39. The molecule has 1 aromatic carbocycles. The quantitative estimate of drug-likeness (QED) is 0.606. The number of aryl methyl sites for hydroxylation is 1. The van der Waals surface area contributed by atoms with E-state index in [1.165, 1.54) is 0 Å². The van der Waals surface area contributed by atoms with E-state index < -0.39 is 17.2 Å². The number of thioether (sulfide) groups is 1. The molecule has 1 atom stereocenters. The Hall–Kier alpha value is -2.88. The number of carbonyl (C=O) groups is 2. The first-order chi connectivity index (χ1) is 13.3. The maximum Gasteiger partial charge on any atom is 0.318 e. The van der Waals surface area contributed by atoms with Crippen LogP contribution in [0.3, 0.4) is 0 Å². The number of aromatic nitrogens is 4. The molecule has 28 heavy (non-hydrogen) atoms. The van der Waals surface area contributed by atoms with Crippen molar-refractivity contribution in [2.45, 2.75) is 44.1 Å². The third-order valence-electron chi connectivity index (χ3n) is 4.31. The van der Waals surface area contributed by atoms with Gasteiger partial charge in [0.2, 0.25) is 11.7 Å². The van der Waals surface area contributed by atoms with Gasteiger partial charge in [-0.15, -0.1) is 10.2 Å². The van der Waals surface area contributed by atoms with Crippen LogP contribution in [0.2, 0.25) is 0 Å². The number of carbonyl (C=O) groups excluding carboxylic acids is 2. The molecule has 148 valence electrons. The van der Waals surface area contributed by atoms with E-state index in [2.05, 4.69) is 29.4 Å². The molecule has 2 aromatic heterocycles. The second-order valence-electron chi connectivity index (χ2n) is 6.89. The molecule has 0 spiro atoms. The lowest BCUT2D eigenvalue weighted by Gasteiger charge is -2.13. The van der Waals surface area contributed by atoms with Crippen molar-refractivity contribution in [1.82, 2.24) is 24.5 Å². The summed E-state index contributed by atoms with van der Waals surface area (Å²) in [6.45, 7) is 6.34. The Labute approximate surface area is 165 Å². The molecule has 9 nitrogen and oxygen atoms in total. The van der Waals surface area contributed by atoms with Crippen LogP contribution in [0, 0.1) is 5.92 Å². The maximum absolute atomic E-state index is 13.0. The first kappa shape index (κ1) is 19.9. The van der Waals surface area contributed by atoms with Gasteiger partial charge in [-0.25, -0.2) is 4.79 Å². The molecular formula is C18H22N6O3S. The Morgan fingerprint density at radius 1 is 1.21 bits per heavy atom. The molecule has 0 bridgehead atoms. The van der Waals surface area contributed by atoms with Gasteiger partial charge in [0.25, 0.3) is 5.56 Å². The minimum Gasteiger partial charge on any atom is -0.351 e. The number of imide groups is 1. The molecule has 0 aliphatic heterocycles. The van der Waals surface area contributed by atoms with E-state index in [4.69, 9.17) is 5.73 Å². The molecule has 3 N–H and O–H groups in total. The zero-order valence-electron chi connectivity index (χ0n) is 15.9. The van der Waals surface area contributed by atoms with E-state index in [0.717, 1.165) is 18.2 Å². The molecule has 0 saturated heterocycles. The first-order valence-corrected chi connectivity index (χ1v) is 9.81. The molecule has 0 fully saturated rings. The van der Waals surface area contributed by atoms with Gasteiger partial charge in [0.1, 0.15) is 0 Å². The van der Waals surface area contributed by atoms with Crippen LogP contribution in [0.25, 0.3) is 16.7 Å². The molecule has 2 heterocycles. The van der Waals surface area contributed by atoms with E-state index in [0.29, 0.717) is 34.3 Å². The second-order valence-corrected chi connectivity index (χ2v) is 8.20. The highest BCUT2D eigenvalue weighted by atomic mass is 32.2. The minimum atomic E-state index is -0.906. The van der Waals surface area contributed by atoms with E-state index in [9.17, 15) is 14.4 Å². The predicted octanol–water partition coefficient (Wildman–Crippen LogP) is 1.77. The van der Waals surface area contributed by atoms with E-state index in [-0.39, 0.29) is 5.56 Å². The normalized spacial score (nSPS) is 12.6. The van der Waals surface area contributed by atoms with Crippen LogP contribution >= 0.6 is 11.8 Å². The van der Waals surface area contributed by atoms with E-state index in [1.54, 1.807) is 22.0 Å². The summed E-state index contributed by atoms with van der Waals surface area (Å²) >= 11 is 1.14. The smallest absolute Gasteiger partial charge is 0.318 e. The minimum absolute atomic E-state index is 0.118. The maximum atomic E-state index is 13.0. The topological polar surface area (TPSA) is 124 Å². The van der Waals surface area contributed by atoms with Crippen molar-refractivity contribution in [2.24, 2.45) is 11.7 Å². The third kappa shape index (κ3) is 3.86. The van der Waals surface area contributed by atoms with Crippen molar-refractivity contribution in [2.75, 3.05) is 0 Å². The lowest BCUT2D eigenvalue weighted by atomic mass is 10.1. The van der Waals surface area contributed by atoms with Crippen molar-refractivity contribution in [3.05, 3.63) is 34.6 Å². The summed E-state index contributed by atoms with van der Waals surface area (Å²) in [5.74, 6) is 0.328. The number of nitrogens with one attached hydrogen (secondary N) is 1. The van der Waals surface area contributed by atoms with Crippen LogP contribution in [0.4, 0.5) is 4.79 Å². The van der Waals surface area contributed by atoms with Crippen LogP contribution in [0.1, 0.15) is 27.2 Å². The molecule has 0 saturated carbocycles. The summed E-state index contributed by atoms with van der Waals surface area (Å²) in [7, 11) is 0. The van der Waals surface area contributed by atoms with Gasteiger partial charge in [-0.3, -0.25) is 23.9 Å². The highest BCUT2D eigenvalue weighted by Gasteiger charge is 2.22. The lowest BCUT2D eigenvalue weighted by molar-refractivity contribution is -0.119. The molecule has 3 rings (SSSR count). The summed E-state index contributed by atoms with van der Waals surface area (Å²) in [5, 5.41) is 10.8. The molecule has 3 aromatic rings.